The maximum absolute atomic E-state index is 11.4. The lowest BCUT2D eigenvalue weighted by molar-refractivity contribution is -0.137. The summed E-state index contributed by atoms with van der Waals surface area (Å²) in [7, 11) is 0. The monoisotopic (exact) mass is 393 g/mol. The Kier molecular flexibility index (Phi) is 5.46. The molecule has 0 amide bonds. The minimum Gasteiger partial charge on any atom is -0.494 e. The Morgan fingerprint density at radius 3 is 2.79 bits per heavy atom. The second-order valence-electron chi connectivity index (χ2n) is 7.28. The maximum atomic E-state index is 11.4. The minimum atomic E-state index is -0.824. The lowest BCUT2D eigenvalue weighted by Gasteiger charge is -2.12. The molecule has 0 saturated heterocycles. The molecule has 2 atom stereocenters. The van der Waals surface area contributed by atoms with Crippen molar-refractivity contribution in [3.63, 3.8) is 0 Å². The third-order valence-electron chi connectivity index (χ3n) is 5.33. The predicted molar refractivity (Wildman–Crippen MR) is 107 cm³/mol. The van der Waals surface area contributed by atoms with E-state index in [0.29, 0.717) is 12.3 Å². The fraction of sp³-hybridized carbons (Fsp3) is 0.318. The third kappa shape index (κ3) is 4.39. The van der Waals surface area contributed by atoms with E-state index in [-0.39, 0.29) is 12.3 Å². The van der Waals surface area contributed by atoms with Crippen LogP contribution >= 0.6 is 0 Å². The Morgan fingerprint density at radius 1 is 1.24 bits per heavy atom. The highest BCUT2D eigenvalue weighted by Crippen LogP contribution is 2.62. The van der Waals surface area contributed by atoms with Crippen molar-refractivity contribution in [1.82, 2.24) is 10.1 Å². The number of hydrogen-bond acceptors (Lipinski definition) is 6. The first kappa shape index (κ1) is 19.0. The van der Waals surface area contributed by atoms with Crippen molar-refractivity contribution in [1.29, 1.82) is 0 Å². The zero-order valence-corrected chi connectivity index (χ0v) is 16.0. The Morgan fingerprint density at radius 2 is 2.10 bits per heavy atom. The molecular weight excluding hydrogens is 370 g/mol. The highest BCUT2D eigenvalue weighted by atomic mass is 16.5. The van der Waals surface area contributed by atoms with Crippen LogP contribution in [0.3, 0.4) is 0 Å². The Balaban J connectivity index is 1.29. The summed E-state index contributed by atoms with van der Waals surface area (Å²) in [6.07, 6.45) is 4.91. The molecule has 1 saturated carbocycles. The van der Waals surface area contributed by atoms with Crippen molar-refractivity contribution in [3.05, 3.63) is 72.2 Å². The molecule has 0 radical (unpaired) electrons. The zero-order chi connectivity index (χ0) is 20.1. The molecule has 150 valence electrons. The fourth-order valence-electron chi connectivity index (χ4n) is 3.79. The summed E-state index contributed by atoms with van der Waals surface area (Å²) in [5.74, 6) is 0.964. The number of carbonyl (C=O) groups is 1. The van der Waals surface area contributed by atoms with Gasteiger partial charge >= 0.3 is 5.97 Å². The summed E-state index contributed by atoms with van der Waals surface area (Å²) < 4.78 is 10.8. The fourth-order valence-corrected chi connectivity index (χ4v) is 3.79. The van der Waals surface area contributed by atoms with Gasteiger partial charge < -0.3 is 19.7 Å². The van der Waals surface area contributed by atoms with Crippen LogP contribution in [0.1, 0.15) is 36.4 Å². The molecule has 0 aliphatic heterocycles. The molecule has 29 heavy (non-hydrogen) atoms. The van der Waals surface area contributed by atoms with Gasteiger partial charge in [0.25, 0.3) is 0 Å². The first-order chi connectivity index (χ1) is 14.2. The Labute approximate surface area is 168 Å². The summed E-state index contributed by atoms with van der Waals surface area (Å²) >= 11 is 0. The smallest absolute Gasteiger partial charge is 0.304 e. The molecule has 3 aromatic rings. The Bertz CT molecular complexity index is 928. The van der Waals surface area contributed by atoms with Crippen LogP contribution in [0.25, 0.3) is 0 Å². The van der Waals surface area contributed by atoms with Gasteiger partial charge in [-0.1, -0.05) is 23.4 Å². The van der Waals surface area contributed by atoms with Gasteiger partial charge in [-0.25, -0.2) is 4.98 Å². The van der Waals surface area contributed by atoms with Gasteiger partial charge in [0.1, 0.15) is 17.8 Å². The standard InChI is InChI=1S/C22H23N3O4/c26-21(27)15-22(19-9-13-29-25-19)14-18(22)16-5-7-17(8-6-16)28-12-3-11-24-20-4-1-2-10-23-20/h1-2,4-10,13,18H,3,11-12,14-15H2,(H,23,24)(H,26,27). The van der Waals surface area contributed by atoms with Crippen LogP contribution in [0.2, 0.25) is 0 Å². The molecule has 1 fully saturated rings. The van der Waals surface area contributed by atoms with Gasteiger partial charge in [-0.05, 0) is 48.6 Å². The van der Waals surface area contributed by atoms with Crippen LogP contribution in [0.4, 0.5) is 5.82 Å². The predicted octanol–water partition coefficient (Wildman–Crippen LogP) is 3.85. The quantitative estimate of drug-likeness (QED) is 0.505. The maximum Gasteiger partial charge on any atom is 0.304 e. The number of rotatable bonds is 10. The van der Waals surface area contributed by atoms with Crippen molar-refractivity contribution >= 4 is 11.8 Å². The number of benzene rings is 1. The van der Waals surface area contributed by atoms with Crippen LogP contribution in [-0.4, -0.2) is 34.4 Å². The van der Waals surface area contributed by atoms with E-state index in [1.165, 1.54) is 6.26 Å². The van der Waals surface area contributed by atoms with Crippen molar-refractivity contribution in [2.45, 2.75) is 30.6 Å². The SMILES string of the molecule is O=C(O)CC1(c2ccon2)CC1c1ccc(OCCCNc2ccccn2)cc1. The number of anilines is 1. The summed E-state index contributed by atoms with van der Waals surface area (Å²) in [5.41, 5.74) is 1.34. The molecule has 0 bridgehead atoms. The highest BCUT2D eigenvalue weighted by molar-refractivity contribution is 5.71. The van der Waals surface area contributed by atoms with E-state index in [1.54, 1.807) is 12.3 Å². The van der Waals surface area contributed by atoms with Gasteiger partial charge in [0.2, 0.25) is 0 Å². The second-order valence-corrected chi connectivity index (χ2v) is 7.28. The molecule has 4 rings (SSSR count). The van der Waals surface area contributed by atoms with Gasteiger partial charge in [0, 0.05) is 24.2 Å². The molecular formula is C22H23N3O4. The van der Waals surface area contributed by atoms with Crippen LogP contribution < -0.4 is 10.1 Å². The molecule has 2 aromatic heterocycles. The number of hydrogen-bond donors (Lipinski definition) is 2. The second kappa shape index (κ2) is 8.34. The number of carboxylic acid groups (broad SMARTS) is 1. The first-order valence-electron chi connectivity index (χ1n) is 9.68. The number of ether oxygens (including phenoxy) is 1. The van der Waals surface area contributed by atoms with E-state index >= 15 is 0 Å². The first-order valence-corrected chi connectivity index (χ1v) is 9.68. The normalized spacial score (nSPS) is 20.2. The van der Waals surface area contributed by atoms with Gasteiger partial charge in [-0.3, -0.25) is 4.79 Å². The number of nitrogens with one attached hydrogen (secondary N) is 1. The van der Waals surface area contributed by atoms with Gasteiger partial charge in [0.05, 0.1) is 18.7 Å². The van der Waals surface area contributed by atoms with E-state index in [1.807, 2.05) is 42.5 Å². The third-order valence-corrected chi connectivity index (χ3v) is 5.33. The topological polar surface area (TPSA) is 97.5 Å². The average molecular weight is 393 g/mol. The minimum absolute atomic E-state index is 0.0473. The van der Waals surface area contributed by atoms with Gasteiger partial charge in [-0.15, -0.1) is 0 Å². The molecule has 1 aromatic carbocycles. The molecule has 1 aliphatic rings. The molecule has 2 unspecified atom stereocenters. The van der Waals surface area contributed by atoms with E-state index in [9.17, 15) is 9.90 Å². The summed E-state index contributed by atoms with van der Waals surface area (Å²) in [6.45, 7) is 1.39. The van der Waals surface area contributed by atoms with Crippen molar-refractivity contribution in [2.75, 3.05) is 18.5 Å². The molecule has 2 N–H and O–H groups in total. The van der Waals surface area contributed by atoms with E-state index in [0.717, 1.165) is 36.5 Å². The van der Waals surface area contributed by atoms with Crippen LogP contribution in [0, 0.1) is 0 Å². The van der Waals surface area contributed by atoms with Crippen molar-refractivity contribution < 1.29 is 19.2 Å². The lowest BCUT2D eigenvalue weighted by Crippen LogP contribution is -2.16. The van der Waals surface area contributed by atoms with Crippen molar-refractivity contribution in [3.8, 4) is 5.75 Å². The van der Waals surface area contributed by atoms with Gasteiger partial charge in [-0.2, -0.15) is 0 Å². The molecule has 7 heteroatoms. The average Bonchev–Trinajstić information content (AvgIpc) is 3.17. The molecule has 1 aliphatic carbocycles. The van der Waals surface area contributed by atoms with Crippen molar-refractivity contribution in [2.24, 2.45) is 0 Å². The Hall–Kier alpha value is -3.35. The van der Waals surface area contributed by atoms with Crippen LogP contribution in [-0.2, 0) is 10.2 Å². The molecule has 0 spiro atoms. The van der Waals surface area contributed by atoms with Crippen LogP contribution in [0.5, 0.6) is 5.75 Å². The number of pyridine rings is 1. The summed E-state index contributed by atoms with van der Waals surface area (Å²) in [5, 5.41) is 16.6. The highest BCUT2D eigenvalue weighted by Gasteiger charge is 2.58. The van der Waals surface area contributed by atoms with E-state index in [4.69, 9.17) is 9.26 Å². The number of carboxylic acids is 1. The van der Waals surface area contributed by atoms with E-state index in [2.05, 4.69) is 15.5 Å². The van der Waals surface area contributed by atoms with Gasteiger partial charge in [0.15, 0.2) is 0 Å². The summed E-state index contributed by atoms with van der Waals surface area (Å²) in [6, 6.07) is 15.4. The summed E-state index contributed by atoms with van der Waals surface area (Å²) in [4.78, 5) is 15.6. The largest absolute Gasteiger partial charge is 0.494 e. The van der Waals surface area contributed by atoms with Crippen LogP contribution in [0.15, 0.2) is 65.5 Å². The molecule has 2 heterocycles. The number of nitrogens with zero attached hydrogens (tertiary/aromatic N) is 2. The lowest BCUT2D eigenvalue weighted by atomic mass is 9.92. The number of aliphatic carboxylic acids is 1. The van der Waals surface area contributed by atoms with E-state index < -0.39 is 11.4 Å². The number of aromatic nitrogens is 2. The molecule has 7 nitrogen and oxygen atoms in total. The zero-order valence-electron chi connectivity index (χ0n) is 16.0.